The summed E-state index contributed by atoms with van der Waals surface area (Å²) in [5.41, 5.74) is 0. The maximum Gasteiger partial charge on any atom is 0.161 e. The third-order valence-electron chi connectivity index (χ3n) is 2.11. The molecular weight excluding hydrogens is 164 g/mol. The van der Waals surface area contributed by atoms with E-state index in [1.807, 2.05) is 0 Å². The number of rotatable bonds is 3. The van der Waals surface area contributed by atoms with Gasteiger partial charge in [-0.25, -0.2) is 0 Å². The van der Waals surface area contributed by atoms with Gasteiger partial charge in [0.1, 0.15) is 0 Å². The molecule has 1 rings (SSSR count). The number of hydrogen-bond acceptors (Lipinski definition) is 2. The highest BCUT2D eigenvalue weighted by atomic mass is 35.5. The number of ketones is 2. The van der Waals surface area contributed by atoms with Crippen LogP contribution in [-0.4, -0.2) is 16.9 Å². The molecule has 1 fully saturated rings. The van der Waals surface area contributed by atoms with Crippen LogP contribution >= 0.6 is 11.6 Å². The molecule has 3 heteroatoms. The summed E-state index contributed by atoms with van der Waals surface area (Å²) in [4.78, 5) is 21.9. The van der Waals surface area contributed by atoms with E-state index in [1.54, 1.807) is 0 Å². The van der Waals surface area contributed by atoms with Crippen molar-refractivity contribution in [3.05, 3.63) is 0 Å². The van der Waals surface area contributed by atoms with Crippen LogP contribution in [0.25, 0.3) is 0 Å². The van der Waals surface area contributed by atoms with Crippen molar-refractivity contribution in [1.29, 1.82) is 0 Å². The molecule has 0 aromatic heterocycles. The van der Waals surface area contributed by atoms with Gasteiger partial charge in [-0.15, -0.1) is 11.6 Å². The Hall–Kier alpha value is -0.370. The molecule has 0 unspecified atom stereocenters. The van der Waals surface area contributed by atoms with E-state index in [9.17, 15) is 9.59 Å². The van der Waals surface area contributed by atoms with Gasteiger partial charge < -0.3 is 0 Å². The molecule has 0 aromatic carbocycles. The molecule has 0 radical (unpaired) electrons. The summed E-state index contributed by atoms with van der Waals surface area (Å²) in [7, 11) is 0. The molecule has 0 bridgehead atoms. The highest BCUT2D eigenvalue weighted by Crippen LogP contribution is 2.29. The Balaban J connectivity index is 2.45. The Labute approximate surface area is 70.9 Å². The van der Waals surface area contributed by atoms with Gasteiger partial charge >= 0.3 is 0 Å². The first-order valence-corrected chi connectivity index (χ1v) is 4.25. The van der Waals surface area contributed by atoms with Crippen LogP contribution < -0.4 is 0 Å². The van der Waals surface area contributed by atoms with Gasteiger partial charge in [0.15, 0.2) is 16.9 Å². The second-order valence-electron chi connectivity index (χ2n) is 3.00. The molecule has 0 heterocycles. The maximum absolute atomic E-state index is 11.2. The summed E-state index contributed by atoms with van der Waals surface area (Å²) >= 11 is 5.57. The molecule has 0 aromatic rings. The number of carbonyl (C=O) groups is 2. The number of hydrogen-bond donors (Lipinski definition) is 0. The lowest BCUT2D eigenvalue weighted by molar-refractivity contribution is -0.129. The molecular formula is C8H11ClO2. The number of alkyl halides is 1. The maximum atomic E-state index is 11.2. The Morgan fingerprint density at radius 3 is 2.27 bits per heavy atom. The zero-order chi connectivity index (χ0) is 8.43. The van der Waals surface area contributed by atoms with Crippen molar-refractivity contribution < 1.29 is 9.59 Å². The predicted octanol–water partition coefficient (Wildman–Crippen LogP) is 1.55. The molecule has 0 saturated heterocycles. The lowest BCUT2D eigenvalue weighted by Crippen LogP contribution is -2.32. The summed E-state index contributed by atoms with van der Waals surface area (Å²) in [6.07, 6.45) is 2.92. The largest absolute Gasteiger partial charge is 0.298 e. The molecule has 11 heavy (non-hydrogen) atoms. The Kier molecular flexibility index (Phi) is 2.66. The average molecular weight is 175 g/mol. The second-order valence-corrected chi connectivity index (χ2v) is 3.44. The molecule has 1 aliphatic rings. The van der Waals surface area contributed by atoms with Crippen LogP contribution in [0.3, 0.4) is 0 Å². The first-order chi connectivity index (χ1) is 5.13. The molecule has 1 aliphatic carbocycles. The van der Waals surface area contributed by atoms with Gasteiger partial charge in [-0.3, -0.25) is 9.59 Å². The average Bonchev–Trinajstić information content (AvgIpc) is 1.82. The highest BCUT2D eigenvalue weighted by Gasteiger charge is 2.31. The topological polar surface area (TPSA) is 34.1 Å². The van der Waals surface area contributed by atoms with Crippen LogP contribution in [-0.2, 0) is 9.59 Å². The van der Waals surface area contributed by atoms with Gasteiger partial charge in [0.05, 0.1) is 0 Å². The summed E-state index contributed by atoms with van der Waals surface area (Å²) in [5, 5.41) is -0.889. The van der Waals surface area contributed by atoms with Crippen molar-refractivity contribution in [3.8, 4) is 0 Å². The highest BCUT2D eigenvalue weighted by molar-refractivity contribution is 6.42. The third kappa shape index (κ3) is 1.80. The van der Waals surface area contributed by atoms with E-state index in [-0.39, 0.29) is 17.5 Å². The van der Waals surface area contributed by atoms with Crippen LogP contribution in [0.15, 0.2) is 0 Å². The standard InChI is InChI=1S/C8H11ClO2/c1-5(10)7(9)8(11)6-3-2-4-6/h6-7H,2-4H2,1H3/t7-/m1/s1. The number of Topliss-reactive ketones (excluding diaryl/α,β-unsaturated/α-hetero) is 2. The Morgan fingerprint density at radius 1 is 1.45 bits per heavy atom. The van der Waals surface area contributed by atoms with E-state index < -0.39 is 5.38 Å². The Morgan fingerprint density at radius 2 is 2.00 bits per heavy atom. The molecule has 1 atom stereocenters. The quantitative estimate of drug-likeness (QED) is 0.481. The van der Waals surface area contributed by atoms with Crippen LogP contribution in [0, 0.1) is 5.92 Å². The minimum absolute atomic E-state index is 0.0707. The van der Waals surface area contributed by atoms with Crippen LogP contribution in [0.1, 0.15) is 26.2 Å². The monoisotopic (exact) mass is 174 g/mol. The SMILES string of the molecule is CC(=O)[C@@H](Cl)C(=O)C1CCC1. The van der Waals surface area contributed by atoms with E-state index in [0.29, 0.717) is 0 Å². The van der Waals surface area contributed by atoms with Crippen molar-refractivity contribution >= 4 is 23.2 Å². The van der Waals surface area contributed by atoms with Crippen LogP contribution in [0.2, 0.25) is 0 Å². The lowest BCUT2D eigenvalue weighted by atomic mass is 9.80. The van der Waals surface area contributed by atoms with Crippen molar-refractivity contribution in [2.45, 2.75) is 31.6 Å². The summed E-state index contributed by atoms with van der Waals surface area (Å²) in [6, 6.07) is 0. The van der Waals surface area contributed by atoms with E-state index in [4.69, 9.17) is 11.6 Å². The first-order valence-electron chi connectivity index (χ1n) is 3.81. The smallest absolute Gasteiger partial charge is 0.161 e. The summed E-state index contributed by atoms with van der Waals surface area (Å²) in [5.74, 6) is -0.240. The van der Waals surface area contributed by atoms with Gasteiger partial charge in [-0.2, -0.15) is 0 Å². The number of halogens is 1. The molecule has 1 saturated carbocycles. The molecule has 0 spiro atoms. The fourth-order valence-corrected chi connectivity index (χ4v) is 1.28. The molecule has 0 N–H and O–H groups in total. The lowest BCUT2D eigenvalue weighted by Gasteiger charge is -2.24. The van der Waals surface area contributed by atoms with Crippen LogP contribution in [0.4, 0.5) is 0 Å². The zero-order valence-corrected chi connectivity index (χ0v) is 7.23. The fourth-order valence-electron chi connectivity index (χ4n) is 1.10. The van der Waals surface area contributed by atoms with Gasteiger partial charge in [0, 0.05) is 5.92 Å². The zero-order valence-electron chi connectivity index (χ0n) is 6.47. The van der Waals surface area contributed by atoms with Crippen molar-refractivity contribution in [2.24, 2.45) is 5.92 Å². The molecule has 62 valence electrons. The molecule has 0 amide bonds. The molecule has 2 nitrogen and oxygen atoms in total. The van der Waals surface area contributed by atoms with Gasteiger partial charge in [0.2, 0.25) is 0 Å². The summed E-state index contributed by atoms with van der Waals surface area (Å²) in [6.45, 7) is 1.36. The minimum Gasteiger partial charge on any atom is -0.298 e. The van der Waals surface area contributed by atoms with E-state index >= 15 is 0 Å². The van der Waals surface area contributed by atoms with Crippen molar-refractivity contribution in [2.75, 3.05) is 0 Å². The van der Waals surface area contributed by atoms with Gasteiger partial charge in [-0.05, 0) is 19.8 Å². The van der Waals surface area contributed by atoms with E-state index in [0.717, 1.165) is 19.3 Å². The van der Waals surface area contributed by atoms with E-state index in [1.165, 1.54) is 6.92 Å². The van der Waals surface area contributed by atoms with Crippen molar-refractivity contribution in [1.82, 2.24) is 0 Å². The fraction of sp³-hybridized carbons (Fsp3) is 0.750. The van der Waals surface area contributed by atoms with Gasteiger partial charge in [-0.1, -0.05) is 6.42 Å². The molecule has 0 aliphatic heterocycles. The normalized spacial score (nSPS) is 20.5. The van der Waals surface area contributed by atoms with Gasteiger partial charge in [0.25, 0.3) is 0 Å². The van der Waals surface area contributed by atoms with Crippen LogP contribution in [0.5, 0.6) is 0 Å². The predicted molar refractivity (Wildman–Crippen MR) is 42.7 cm³/mol. The first kappa shape index (κ1) is 8.72. The Bertz CT molecular complexity index is 185. The van der Waals surface area contributed by atoms with E-state index in [2.05, 4.69) is 0 Å². The summed E-state index contributed by atoms with van der Waals surface area (Å²) < 4.78 is 0. The number of carbonyl (C=O) groups excluding carboxylic acids is 2. The van der Waals surface area contributed by atoms with Crippen molar-refractivity contribution in [3.63, 3.8) is 0 Å². The third-order valence-corrected chi connectivity index (χ3v) is 2.64. The minimum atomic E-state index is -0.889. The second kappa shape index (κ2) is 3.35.